The lowest BCUT2D eigenvalue weighted by Crippen LogP contribution is -2.41. The molecule has 0 saturated carbocycles. The number of hydrogen-bond donors (Lipinski definition) is 0. The summed E-state index contributed by atoms with van der Waals surface area (Å²) in [7, 11) is -1.60. The van der Waals surface area contributed by atoms with E-state index >= 15 is 0 Å². The molecule has 14 heavy (non-hydrogen) atoms. The van der Waals surface area contributed by atoms with Crippen LogP contribution in [0.5, 0.6) is 0 Å². The standard InChI is InChI=1S/C6H6B2O6/c1-7-11-3-4(5(9)13-7)12-8(2)14-6(3)10/h1-2H3. The predicted molar refractivity (Wildman–Crippen MR) is 44.6 cm³/mol. The molecule has 2 aliphatic rings. The van der Waals surface area contributed by atoms with Crippen molar-refractivity contribution in [3.05, 3.63) is 11.5 Å². The van der Waals surface area contributed by atoms with E-state index in [4.69, 9.17) is 18.6 Å². The molecule has 2 heterocycles. The van der Waals surface area contributed by atoms with Crippen molar-refractivity contribution >= 4 is 26.2 Å². The maximum absolute atomic E-state index is 11.2. The van der Waals surface area contributed by atoms with E-state index in [9.17, 15) is 9.59 Å². The fraction of sp³-hybridized carbons (Fsp3) is 0.333. The summed E-state index contributed by atoms with van der Waals surface area (Å²) in [4.78, 5) is 22.5. The van der Waals surface area contributed by atoms with Crippen LogP contribution in [0.2, 0.25) is 13.6 Å². The molecule has 0 aromatic heterocycles. The number of rotatable bonds is 0. The van der Waals surface area contributed by atoms with E-state index in [1.165, 1.54) is 13.6 Å². The summed E-state index contributed by atoms with van der Waals surface area (Å²) in [6, 6.07) is 0. The molecule has 0 fully saturated rings. The number of hydrogen-bond acceptors (Lipinski definition) is 6. The first-order valence-electron chi connectivity index (χ1n) is 4.07. The second-order valence-corrected chi connectivity index (χ2v) is 2.84. The van der Waals surface area contributed by atoms with E-state index in [0.29, 0.717) is 0 Å². The van der Waals surface area contributed by atoms with Crippen LogP contribution in [0.15, 0.2) is 11.5 Å². The lowest BCUT2D eigenvalue weighted by molar-refractivity contribution is -0.144. The van der Waals surface area contributed by atoms with Crippen molar-refractivity contribution in [1.82, 2.24) is 0 Å². The fourth-order valence-corrected chi connectivity index (χ4v) is 1.18. The van der Waals surface area contributed by atoms with Crippen LogP contribution in [0.4, 0.5) is 0 Å². The van der Waals surface area contributed by atoms with Crippen molar-refractivity contribution in [2.24, 2.45) is 0 Å². The molecule has 0 unspecified atom stereocenters. The highest BCUT2D eigenvalue weighted by molar-refractivity contribution is 6.51. The van der Waals surface area contributed by atoms with Gasteiger partial charge in [-0.15, -0.1) is 0 Å². The highest BCUT2D eigenvalue weighted by atomic mass is 16.7. The monoisotopic (exact) mass is 196 g/mol. The van der Waals surface area contributed by atoms with Gasteiger partial charge in [-0.3, -0.25) is 0 Å². The fourth-order valence-electron chi connectivity index (χ4n) is 1.18. The molecule has 0 bridgehead atoms. The Hall–Kier alpha value is -1.59. The molecule has 0 radical (unpaired) electrons. The van der Waals surface area contributed by atoms with Gasteiger partial charge in [-0.05, 0) is 13.6 Å². The zero-order chi connectivity index (χ0) is 10.3. The third kappa shape index (κ3) is 1.32. The first kappa shape index (κ1) is 8.98. The molecular weight excluding hydrogens is 190 g/mol. The van der Waals surface area contributed by atoms with Crippen LogP contribution in [-0.2, 0) is 28.2 Å². The molecule has 0 N–H and O–H groups in total. The van der Waals surface area contributed by atoms with Gasteiger partial charge in [-0.25, -0.2) is 9.59 Å². The van der Waals surface area contributed by atoms with Crippen molar-refractivity contribution in [1.29, 1.82) is 0 Å². The van der Waals surface area contributed by atoms with Gasteiger partial charge in [0, 0.05) is 0 Å². The largest absolute Gasteiger partial charge is 0.593 e. The minimum absolute atomic E-state index is 0.216. The third-order valence-corrected chi connectivity index (χ3v) is 1.69. The minimum atomic E-state index is -0.800. The molecule has 0 aromatic rings. The number of carbonyl (C=O) groups is 2. The smallest absolute Gasteiger partial charge is 0.518 e. The van der Waals surface area contributed by atoms with Crippen LogP contribution in [0.25, 0.3) is 0 Å². The van der Waals surface area contributed by atoms with Gasteiger partial charge in [0.15, 0.2) is 0 Å². The Morgan fingerprint density at radius 1 is 0.786 bits per heavy atom. The van der Waals surface area contributed by atoms with Crippen LogP contribution >= 0.6 is 0 Å². The molecule has 0 aromatic carbocycles. The predicted octanol–water partition coefficient (Wildman–Crippen LogP) is -0.419. The van der Waals surface area contributed by atoms with Crippen molar-refractivity contribution in [3.63, 3.8) is 0 Å². The lowest BCUT2D eigenvalue weighted by atomic mass is 9.90. The zero-order valence-corrected chi connectivity index (χ0v) is 7.60. The Bertz CT molecular complexity index is 305. The maximum Gasteiger partial charge on any atom is 0.593 e. The van der Waals surface area contributed by atoms with Gasteiger partial charge < -0.3 is 18.6 Å². The maximum atomic E-state index is 11.2. The average molecular weight is 196 g/mol. The van der Waals surface area contributed by atoms with Gasteiger partial charge in [0.2, 0.25) is 11.5 Å². The molecule has 2 aliphatic heterocycles. The topological polar surface area (TPSA) is 71.1 Å². The van der Waals surface area contributed by atoms with E-state index in [-0.39, 0.29) is 11.5 Å². The summed E-state index contributed by atoms with van der Waals surface area (Å²) in [5.74, 6) is -1.84. The van der Waals surface area contributed by atoms with E-state index < -0.39 is 26.2 Å². The minimum Gasteiger partial charge on any atom is -0.518 e. The molecule has 8 heteroatoms. The summed E-state index contributed by atoms with van der Waals surface area (Å²) in [6.45, 7) is 2.99. The number of carbonyl (C=O) groups excluding carboxylic acids is 2. The molecule has 0 atom stereocenters. The molecule has 72 valence electrons. The Labute approximate surface area is 80.4 Å². The van der Waals surface area contributed by atoms with Crippen molar-refractivity contribution in [2.75, 3.05) is 0 Å². The van der Waals surface area contributed by atoms with Crippen LogP contribution < -0.4 is 0 Å². The molecule has 0 aliphatic carbocycles. The Kier molecular flexibility index (Phi) is 1.90. The second-order valence-electron chi connectivity index (χ2n) is 2.84. The second kappa shape index (κ2) is 2.97. The van der Waals surface area contributed by atoms with Crippen molar-refractivity contribution in [3.8, 4) is 0 Å². The summed E-state index contributed by atoms with van der Waals surface area (Å²) in [5, 5.41) is 0. The SMILES string of the molecule is CB1OC(=O)C2=C(O1)C(=O)OB(C)O2. The van der Waals surface area contributed by atoms with Crippen LogP contribution in [0.1, 0.15) is 0 Å². The Morgan fingerprint density at radius 2 is 1.14 bits per heavy atom. The molecule has 2 rings (SSSR count). The molecule has 0 saturated heterocycles. The summed E-state index contributed by atoms with van der Waals surface area (Å²) < 4.78 is 19.3. The van der Waals surface area contributed by atoms with Crippen LogP contribution in [0, 0.1) is 0 Å². The first-order valence-corrected chi connectivity index (χ1v) is 4.07. The summed E-state index contributed by atoms with van der Waals surface area (Å²) in [6.07, 6.45) is 0. The third-order valence-electron chi connectivity index (χ3n) is 1.69. The van der Waals surface area contributed by atoms with Crippen LogP contribution in [-0.4, -0.2) is 26.2 Å². The summed E-state index contributed by atoms with van der Waals surface area (Å²) in [5.41, 5.74) is 0. The van der Waals surface area contributed by atoms with Gasteiger partial charge in [0.05, 0.1) is 0 Å². The normalized spacial score (nSPS) is 20.7. The molecule has 0 amide bonds. The molecule has 0 spiro atoms. The highest BCUT2D eigenvalue weighted by Crippen LogP contribution is 2.24. The lowest BCUT2D eigenvalue weighted by Gasteiger charge is -2.27. The van der Waals surface area contributed by atoms with E-state index in [1.54, 1.807) is 0 Å². The zero-order valence-electron chi connectivity index (χ0n) is 7.60. The Balaban J connectivity index is 2.37. The summed E-state index contributed by atoms with van der Waals surface area (Å²) >= 11 is 0. The van der Waals surface area contributed by atoms with Gasteiger partial charge >= 0.3 is 26.2 Å². The molecule has 6 nitrogen and oxygen atoms in total. The molecular formula is C6H6B2O6. The van der Waals surface area contributed by atoms with Crippen molar-refractivity contribution < 1.29 is 28.2 Å². The van der Waals surface area contributed by atoms with Crippen molar-refractivity contribution in [2.45, 2.75) is 13.6 Å². The van der Waals surface area contributed by atoms with Gasteiger partial charge in [-0.2, -0.15) is 0 Å². The van der Waals surface area contributed by atoms with E-state index in [0.717, 1.165) is 0 Å². The Morgan fingerprint density at radius 3 is 1.50 bits per heavy atom. The van der Waals surface area contributed by atoms with Crippen LogP contribution in [0.3, 0.4) is 0 Å². The van der Waals surface area contributed by atoms with E-state index in [2.05, 4.69) is 0 Å². The first-order chi connectivity index (χ1) is 6.58. The van der Waals surface area contributed by atoms with E-state index in [1.807, 2.05) is 0 Å². The van der Waals surface area contributed by atoms with Gasteiger partial charge in [-0.1, -0.05) is 0 Å². The quantitative estimate of drug-likeness (QED) is 0.489. The van der Waals surface area contributed by atoms with Gasteiger partial charge in [0.25, 0.3) is 0 Å². The van der Waals surface area contributed by atoms with Gasteiger partial charge in [0.1, 0.15) is 0 Å². The average Bonchev–Trinajstić information content (AvgIpc) is 2.07. The highest BCUT2D eigenvalue weighted by Gasteiger charge is 2.43.